The van der Waals surface area contributed by atoms with E-state index >= 15 is 0 Å². The van der Waals surface area contributed by atoms with Crippen molar-refractivity contribution in [2.24, 2.45) is 5.73 Å². The van der Waals surface area contributed by atoms with E-state index in [1.54, 1.807) is 6.07 Å². The normalized spacial score (nSPS) is 12.9. The summed E-state index contributed by atoms with van der Waals surface area (Å²) in [6, 6.07) is 5.46. The molecule has 0 amide bonds. The molecule has 1 aromatic rings. The molecule has 96 valence electrons. The van der Waals surface area contributed by atoms with Crippen LogP contribution < -0.4 is 10.6 Å². The molecule has 2 N–H and O–H groups in total. The predicted octanol–water partition coefficient (Wildman–Crippen LogP) is 3.47. The number of nitrogens with zero attached hydrogens (tertiary/aromatic N) is 1. The third-order valence-electron chi connectivity index (χ3n) is 2.89. The fourth-order valence-corrected chi connectivity index (χ4v) is 1.94. The summed E-state index contributed by atoms with van der Waals surface area (Å²) in [5, 5.41) is 0. The molecular weight excluding hydrogens is 215 g/mol. The van der Waals surface area contributed by atoms with Crippen LogP contribution >= 0.6 is 0 Å². The van der Waals surface area contributed by atoms with E-state index in [9.17, 15) is 4.39 Å². The van der Waals surface area contributed by atoms with E-state index in [0.29, 0.717) is 11.7 Å². The molecule has 0 heterocycles. The molecule has 17 heavy (non-hydrogen) atoms. The van der Waals surface area contributed by atoms with E-state index in [2.05, 4.69) is 25.7 Å². The highest BCUT2D eigenvalue weighted by Gasteiger charge is 2.14. The van der Waals surface area contributed by atoms with Gasteiger partial charge < -0.3 is 10.6 Å². The Morgan fingerprint density at radius 1 is 1.29 bits per heavy atom. The Balaban J connectivity index is 3.04. The zero-order chi connectivity index (χ0) is 13.0. The van der Waals surface area contributed by atoms with E-state index in [1.165, 1.54) is 0 Å². The second kappa shape index (κ2) is 6.01. The zero-order valence-electron chi connectivity index (χ0n) is 11.2. The van der Waals surface area contributed by atoms with Gasteiger partial charge in [0.1, 0.15) is 5.82 Å². The summed E-state index contributed by atoms with van der Waals surface area (Å²) in [6.45, 7) is 8.99. The van der Waals surface area contributed by atoms with E-state index < -0.39 is 0 Å². The first-order chi connectivity index (χ1) is 7.97. The molecule has 0 aliphatic rings. The molecule has 0 aliphatic heterocycles. The van der Waals surface area contributed by atoms with Crippen LogP contribution in [0.1, 0.15) is 45.7 Å². The molecular formula is C14H23FN2. The van der Waals surface area contributed by atoms with Gasteiger partial charge in [-0.2, -0.15) is 0 Å². The third kappa shape index (κ3) is 3.43. The molecule has 2 nitrogen and oxygen atoms in total. The summed E-state index contributed by atoms with van der Waals surface area (Å²) in [5.74, 6) is -0.179. The fraction of sp³-hybridized carbons (Fsp3) is 0.571. The summed E-state index contributed by atoms with van der Waals surface area (Å²) in [6.07, 6.45) is 1.01. The maximum absolute atomic E-state index is 14.0. The molecule has 1 atom stereocenters. The van der Waals surface area contributed by atoms with Gasteiger partial charge in [0.15, 0.2) is 0 Å². The minimum absolute atomic E-state index is 0.128. The number of anilines is 1. The molecule has 0 spiro atoms. The molecule has 0 aromatic heterocycles. The van der Waals surface area contributed by atoms with Crippen LogP contribution in [0.2, 0.25) is 0 Å². The quantitative estimate of drug-likeness (QED) is 0.851. The molecule has 0 aliphatic carbocycles. The van der Waals surface area contributed by atoms with Crippen molar-refractivity contribution in [2.75, 3.05) is 11.4 Å². The van der Waals surface area contributed by atoms with Gasteiger partial charge in [-0.05, 0) is 44.9 Å². The smallest absolute Gasteiger partial charge is 0.146 e. The lowest BCUT2D eigenvalue weighted by molar-refractivity contribution is 0.593. The van der Waals surface area contributed by atoms with Crippen LogP contribution in [0, 0.1) is 5.82 Å². The van der Waals surface area contributed by atoms with Crippen LogP contribution in [0.25, 0.3) is 0 Å². The van der Waals surface area contributed by atoms with Crippen molar-refractivity contribution in [3.63, 3.8) is 0 Å². The van der Waals surface area contributed by atoms with Crippen LogP contribution in [-0.4, -0.2) is 12.6 Å². The Hall–Kier alpha value is -1.09. The Kier molecular flexibility index (Phi) is 4.94. The van der Waals surface area contributed by atoms with E-state index in [4.69, 9.17) is 5.73 Å². The topological polar surface area (TPSA) is 29.3 Å². The van der Waals surface area contributed by atoms with Gasteiger partial charge in [0.25, 0.3) is 0 Å². The number of hydrogen-bond acceptors (Lipinski definition) is 2. The monoisotopic (exact) mass is 238 g/mol. The Morgan fingerprint density at radius 3 is 2.35 bits per heavy atom. The number of nitrogens with two attached hydrogens (primary N) is 1. The maximum atomic E-state index is 14.0. The Morgan fingerprint density at radius 2 is 1.94 bits per heavy atom. The highest BCUT2D eigenvalue weighted by molar-refractivity contribution is 5.50. The molecule has 0 saturated heterocycles. The van der Waals surface area contributed by atoms with Crippen LogP contribution in [0.15, 0.2) is 18.2 Å². The standard InChI is InChI=1S/C14H23FN2/c1-5-8-17(10(2)3)14-7-6-12(11(4)16)9-13(14)15/h6-7,9-11H,5,8,16H2,1-4H3/t11-/m1/s1. The molecule has 0 bridgehead atoms. The van der Waals surface area contributed by atoms with Gasteiger partial charge in [-0.3, -0.25) is 0 Å². The van der Waals surface area contributed by atoms with Crippen LogP contribution in [0.4, 0.5) is 10.1 Å². The van der Waals surface area contributed by atoms with Gasteiger partial charge in [0.05, 0.1) is 5.69 Å². The van der Waals surface area contributed by atoms with Gasteiger partial charge in [-0.15, -0.1) is 0 Å². The van der Waals surface area contributed by atoms with E-state index in [1.807, 2.05) is 19.1 Å². The molecule has 0 saturated carbocycles. The van der Waals surface area contributed by atoms with Gasteiger partial charge in [0.2, 0.25) is 0 Å². The lowest BCUT2D eigenvalue weighted by Gasteiger charge is -2.29. The lowest BCUT2D eigenvalue weighted by Crippen LogP contribution is -2.32. The van der Waals surface area contributed by atoms with Crippen molar-refractivity contribution in [3.8, 4) is 0 Å². The minimum atomic E-state index is -0.179. The Labute approximate surface area is 104 Å². The summed E-state index contributed by atoms with van der Waals surface area (Å²) in [7, 11) is 0. The number of rotatable bonds is 5. The number of halogens is 1. The Bertz CT molecular complexity index is 361. The molecule has 1 aromatic carbocycles. The fourth-order valence-electron chi connectivity index (χ4n) is 1.94. The first-order valence-corrected chi connectivity index (χ1v) is 6.29. The SMILES string of the molecule is CCCN(c1ccc([C@@H](C)N)cc1F)C(C)C. The second-order valence-electron chi connectivity index (χ2n) is 4.79. The molecule has 1 rings (SSSR count). The molecule has 0 fully saturated rings. The predicted molar refractivity (Wildman–Crippen MR) is 71.8 cm³/mol. The number of hydrogen-bond donors (Lipinski definition) is 1. The average molecular weight is 238 g/mol. The van der Waals surface area contributed by atoms with Gasteiger partial charge in [-0.1, -0.05) is 13.0 Å². The highest BCUT2D eigenvalue weighted by Crippen LogP contribution is 2.24. The molecule has 0 radical (unpaired) electrons. The van der Waals surface area contributed by atoms with Crippen LogP contribution in [-0.2, 0) is 0 Å². The number of benzene rings is 1. The van der Waals surface area contributed by atoms with Gasteiger partial charge in [0, 0.05) is 18.6 Å². The average Bonchev–Trinajstić information content (AvgIpc) is 2.26. The third-order valence-corrected chi connectivity index (χ3v) is 2.89. The van der Waals surface area contributed by atoms with Crippen molar-refractivity contribution >= 4 is 5.69 Å². The highest BCUT2D eigenvalue weighted by atomic mass is 19.1. The first-order valence-electron chi connectivity index (χ1n) is 6.29. The maximum Gasteiger partial charge on any atom is 0.146 e. The summed E-state index contributed by atoms with van der Waals surface area (Å²) in [5.41, 5.74) is 7.26. The van der Waals surface area contributed by atoms with Crippen LogP contribution in [0.3, 0.4) is 0 Å². The summed E-state index contributed by atoms with van der Waals surface area (Å²) < 4.78 is 14.0. The van der Waals surface area contributed by atoms with Crippen LogP contribution in [0.5, 0.6) is 0 Å². The zero-order valence-corrected chi connectivity index (χ0v) is 11.2. The van der Waals surface area contributed by atoms with Crippen molar-refractivity contribution in [3.05, 3.63) is 29.6 Å². The van der Waals surface area contributed by atoms with Crippen molar-refractivity contribution in [1.82, 2.24) is 0 Å². The van der Waals surface area contributed by atoms with E-state index in [0.717, 1.165) is 18.5 Å². The van der Waals surface area contributed by atoms with Gasteiger partial charge >= 0.3 is 0 Å². The largest absolute Gasteiger partial charge is 0.367 e. The van der Waals surface area contributed by atoms with Gasteiger partial charge in [-0.25, -0.2) is 4.39 Å². The second-order valence-corrected chi connectivity index (χ2v) is 4.79. The minimum Gasteiger partial charge on any atom is -0.367 e. The lowest BCUT2D eigenvalue weighted by atomic mass is 10.1. The van der Waals surface area contributed by atoms with Crippen molar-refractivity contribution < 1.29 is 4.39 Å². The van der Waals surface area contributed by atoms with Crippen molar-refractivity contribution in [2.45, 2.75) is 46.2 Å². The van der Waals surface area contributed by atoms with Crippen molar-refractivity contribution in [1.29, 1.82) is 0 Å². The molecule has 0 unspecified atom stereocenters. The van der Waals surface area contributed by atoms with E-state index in [-0.39, 0.29) is 11.9 Å². The first kappa shape index (κ1) is 14.0. The summed E-state index contributed by atoms with van der Waals surface area (Å²) in [4.78, 5) is 2.08. The molecule has 3 heteroatoms. The summed E-state index contributed by atoms with van der Waals surface area (Å²) >= 11 is 0.